The van der Waals surface area contributed by atoms with Crippen LogP contribution in [0.5, 0.6) is 0 Å². The van der Waals surface area contributed by atoms with E-state index in [-0.39, 0.29) is 5.41 Å². The highest BCUT2D eigenvalue weighted by molar-refractivity contribution is 5.81. The molecule has 1 aliphatic heterocycles. The summed E-state index contributed by atoms with van der Waals surface area (Å²) in [5.41, 5.74) is -0.230. The Morgan fingerprint density at radius 1 is 1.22 bits per heavy atom. The monoisotopic (exact) mass is 256 g/mol. The molecule has 0 aromatic rings. The van der Waals surface area contributed by atoms with E-state index in [1.165, 1.54) is 6.08 Å². The molecular formula is C14H24O4. The average Bonchev–Trinajstić information content (AvgIpc) is 2.45. The minimum absolute atomic E-state index is 0.230. The summed E-state index contributed by atoms with van der Waals surface area (Å²) in [6.07, 6.45) is 3.68. The molecule has 1 heterocycles. The van der Waals surface area contributed by atoms with Crippen molar-refractivity contribution < 1.29 is 19.0 Å². The van der Waals surface area contributed by atoms with E-state index in [0.29, 0.717) is 19.8 Å². The number of ether oxygens (including phenoxy) is 3. The highest BCUT2D eigenvalue weighted by atomic mass is 16.7. The van der Waals surface area contributed by atoms with Gasteiger partial charge in [0.15, 0.2) is 5.79 Å². The fourth-order valence-corrected chi connectivity index (χ4v) is 1.98. The Morgan fingerprint density at radius 3 is 2.17 bits per heavy atom. The summed E-state index contributed by atoms with van der Waals surface area (Å²) in [5, 5.41) is 0. The van der Waals surface area contributed by atoms with Crippen molar-refractivity contribution in [3.63, 3.8) is 0 Å². The van der Waals surface area contributed by atoms with Crippen LogP contribution >= 0.6 is 0 Å². The lowest BCUT2D eigenvalue weighted by molar-refractivity contribution is -0.311. The fourth-order valence-electron chi connectivity index (χ4n) is 1.98. The maximum Gasteiger partial charge on any atom is 0.330 e. The maximum atomic E-state index is 11.1. The van der Waals surface area contributed by atoms with Gasteiger partial charge in [-0.25, -0.2) is 4.79 Å². The Kier molecular flexibility index (Phi) is 5.35. The lowest BCUT2D eigenvalue weighted by Crippen LogP contribution is -2.51. The molecule has 1 aliphatic rings. The summed E-state index contributed by atoms with van der Waals surface area (Å²) in [7, 11) is 0. The molecule has 0 saturated carbocycles. The summed E-state index contributed by atoms with van der Waals surface area (Å²) < 4.78 is 16.9. The van der Waals surface area contributed by atoms with Crippen molar-refractivity contribution >= 4 is 5.97 Å². The zero-order chi connectivity index (χ0) is 13.6. The first-order valence-corrected chi connectivity index (χ1v) is 6.62. The fraction of sp³-hybridized carbons (Fsp3) is 0.786. The van der Waals surface area contributed by atoms with E-state index < -0.39 is 11.8 Å². The van der Waals surface area contributed by atoms with Gasteiger partial charge in [0.2, 0.25) is 0 Å². The highest BCUT2D eigenvalue weighted by Gasteiger charge is 2.42. The minimum Gasteiger partial charge on any atom is -0.462 e. The third kappa shape index (κ3) is 3.33. The topological polar surface area (TPSA) is 44.8 Å². The molecule has 1 saturated heterocycles. The van der Waals surface area contributed by atoms with E-state index in [2.05, 4.69) is 27.4 Å². The number of hydrogen-bond acceptors (Lipinski definition) is 4. The van der Waals surface area contributed by atoms with Crippen LogP contribution in [0.2, 0.25) is 0 Å². The zero-order valence-electron chi connectivity index (χ0n) is 11.7. The Bertz CT molecular complexity index is 284. The predicted molar refractivity (Wildman–Crippen MR) is 69.1 cm³/mol. The van der Waals surface area contributed by atoms with Crippen molar-refractivity contribution in [2.24, 2.45) is 5.41 Å². The number of esters is 1. The molecule has 18 heavy (non-hydrogen) atoms. The van der Waals surface area contributed by atoms with Crippen molar-refractivity contribution in [1.29, 1.82) is 0 Å². The molecule has 104 valence electrons. The third-order valence-corrected chi connectivity index (χ3v) is 3.80. The van der Waals surface area contributed by atoms with E-state index >= 15 is 0 Å². The van der Waals surface area contributed by atoms with Crippen LogP contribution in [-0.2, 0) is 19.0 Å². The molecule has 0 bridgehead atoms. The first kappa shape index (κ1) is 15.2. The van der Waals surface area contributed by atoms with Gasteiger partial charge in [-0.15, -0.1) is 0 Å². The molecule has 0 unspecified atom stereocenters. The Morgan fingerprint density at radius 2 is 1.78 bits per heavy atom. The van der Waals surface area contributed by atoms with E-state index in [4.69, 9.17) is 14.2 Å². The molecule has 1 fully saturated rings. The number of carbonyl (C=O) groups excluding carboxylic acids is 1. The maximum absolute atomic E-state index is 11.1. The minimum atomic E-state index is -0.457. The van der Waals surface area contributed by atoms with Crippen molar-refractivity contribution in [3.8, 4) is 0 Å². The van der Waals surface area contributed by atoms with E-state index in [9.17, 15) is 4.79 Å². The molecule has 0 aliphatic carbocycles. The first-order valence-electron chi connectivity index (χ1n) is 6.62. The molecule has 0 N–H and O–H groups in total. The normalized spacial score (nSPS) is 21.3. The summed E-state index contributed by atoms with van der Waals surface area (Å²) in [4.78, 5) is 11.1. The molecule has 0 radical (unpaired) electrons. The second-order valence-corrected chi connectivity index (χ2v) is 4.86. The van der Waals surface area contributed by atoms with Crippen LogP contribution in [0.4, 0.5) is 0 Å². The second-order valence-electron chi connectivity index (χ2n) is 4.86. The average molecular weight is 256 g/mol. The van der Waals surface area contributed by atoms with Gasteiger partial charge in [-0.3, -0.25) is 0 Å². The standard InChI is InChI=1S/C14H24O4/c1-5-12(15)16-9-13(6-2)10-17-14(7-3,8-4)18-11-13/h5H,1,6-11H2,2-4H3. The van der Waals surface area contributed by atoms with Crippen LogP contribution < -0.4 is 0 Å². The van der Waals surface area contributed by atoms with Gasteiger partial charge in [-0.1, -0.05) is 27.4 Å². The predicted octanol–water partition coefficient (Wildman–Crippen LogP) is 2.68. The molecule has 0 aromatic heterocycles. The lowest BCUT2D eigenvalue weighted by atomic mass is 9.86. The number of carbonyl (C=O) groups is 1. The Hall–Kier alpha value is -0.870. The largest absolute Gasteiger partial charge is 0.462 e. The van der Waals surface area contributed by atoms with E-state index in [1.54, 1.807) is 0 Å². The van der Waals surface area contributed by atoms with Gasteiger partial charge in [0.1, 0.15) is 6.61 Å². The quantitative estimate of drug-likeness (QED) is 0.541. The first-order chi connectivity index (χ1) is 8.55. The summed E-state index contributed by atoms with van der Waals surface area (Å²) >= 11 is 0. The van der Waals surface area contributed by atoms with Crippen LogP contribution in [0.1, 0.15) is 40.0 Å². The lowest BCUT2D eigenvalue weighted by Gasteiger charge is -2.45. The highest BCUT2D eigenvalue weighted by Crippen LogP contribution is 2.36. The van der Waals surface area contributed by atoms with Gasteiger partial charge < -0.3 is 14.2 Å². The van der Waals surface area contributed by atoms with Crippen molar-refractivity contribution in [1.82, 2.24) is 0 Å². The molecule has 0 aromatic carbocycles. The van der Waals surface area contributed by atoms with E-state index in [0.717, 1.165) is 19.3 Å². The van der Waals surface area contributed by atoms with Crippen molar-refractivity contribution in [3.05, 3.63) is 12.7 Å². The Balaban J connectivity index is 2.59. The zero-order valence-corrected chi connectivity index (χ0v) is 11.7. The molecule has 0 amide bonds. The molecule has 0 atom stereocenters. The third-order valence-electron chi connectivity index (χ3n) is 3.80. The van der Waals surface area contributed by atoms with Crippen molar-refractivity contribution in [2.75, 3.05) is 19.8 Å². The molecule has 4 nitrogen and oxygen atoms in total. The van der Waals surface area contributed by atoms with Crippen molar-refractivity contribution in [2.45, 2.75) is 45.8 Å². The molecule has 1 rings (SSSR count). The van der Waals surface area contributed by atoms with Crippen LogP contribution in [0.15, 0.2) is 12.7 Å². The Labute approximate surface area is 109 Å². The van der Waals surface area contributed by atoms with Crippen LogP contribution in [-0.4, -0.2) is 31.6 Å². The number of rotatable bonds is 6. The van der Waals surface area contributed by atoms with Gasteiger partial charge in [-0.05, 0) is 19.3 Å². The van der Waals surface area contributed by atoms with Gasteiger partial charge in [0.25, 0.3) is 0 Å². The summed E-state index contributed by atoms with van der Waals surface area (Å²) in [6.45, 7) is 11.0. The SMILES string of the molecule is C=CC(=O)OCC1(CC)COC(CC)(CC)OC1. The number of hydrogen-bond donors (Lipinski definition) is 0. The molecule has 0 spiro atoms. The van der Waals surface area contributed by atoms with Gasteiger partial charge >= 0.3 is 5.97 Å². The smallest absolute Gasteiger partial charge is 0.330 e. The molecule has 4 heteroatoms. The second kappa shape index (κ2) is 6.34. The summed E-state index contributed by atoms with van der Waals surface area (Å²) in [5.74, 6) is -0.855. The van der Waals surface area contributed by atoms with Crippen LogP contribution in [0, 0.1) is 5.41 Å². The summed E-state index contributed by atoms with van der Waals surface area (Å²) in [6, 6.07) is 0. The van der Waals surface area contributed by atoms with Crippen LogP contribution in [0.3, 0.4) is 0 Å². The van der Waals surface area contributed by atoms with Gasteiger partial charge in [0, 0.05) is 6.08 Å². The van der Waals surface area contributed by atoms with E-state index in [1.807, 2.05) is 0 Å². The van der Waals surface area contributed by atoms with Crippen LogP contribution in [0.25, 0.3) is 0 Å². The van der Waals surface area contributed by atoms with Gasteiger partial charge in [0.05, 0.1) is 18.6 Å². The molecular weight excluding hydrogens is 232 g/mol. The van der Waals surface area contributed by atoms with Gasteiger partial charge in [-0.2, -0.15) is 0 Å².